The summed E-state index contributed by atoms with van der Waals surface area (Å²) >= 11 is 0. The first-order valence-electron chi connectivity index (χ1n) is 13.6. The van der Waals surface area contributed by atoms with Crippen LogP contribution in [-0.4, -0.2) is 82.9 Å². The standard InChI is InChI=1S/C28H31N7O5/c1-37-20-5-2-4-19(14-20)33-7-9-34(10-8-33)26(27-30-31-32-35(27)16-21-6-3-11-38-21)22-12-18-13-24-25(40-17-39-24)15-23(18)29-28(22)36/h2,4-5,12-15,21,26H,3,6-11,16-17H2,1H3,(H,29,36). The molecule has 5 heterocycles. The minimum atomic E-state index is -0.442. The largest absolute Gasteiger partial charge is 0.497 e. The normalized spacial score (nSPS) is 19.8. The highest BCUT2D eigenvalue weighted by molar-refractivity contribution is 5.83. The molecule has 3 aliphatic rings. The van der Waals surface area contributed by atoms with E-state index in [0.717, 1.165) is 49.4 Å². The number of methoxy groups -OCH3 is 1. The number of benzene rings is 2. The predicted molar refractivity (Wildman–Crippen MR) is 146 cm³/mol. The number of aromatic nitrogens is 5. The van der Waals surface area contributed by atoms with E-state index in [2.05, 4.69) is 36.4 Å². The number of pyridine rings is 1. The number of rotatable bonds is 7. The lowest BCUT2D eigenvalue weighted by atomic mass is 10.0. The zero-order valence-corrected chi connectivity index (χ0v) is 22.3. The molecule has 2 unspecified atom stereocenters. The van der Waals surface area contributed by atoms with Gasteiger partial charge in [0, 0.05) is 61.6 Å². The maximum absolute atomic E-state index is 13.6. The van der Waals surface area contributed by atoms with Gasteiger partial charge in [-0.05, 0) is 47.5 Å². The number of tetrazole rings is 1. The maximum atomic E-state index is 13.6. The molecule has 2 saturated heterocycles. The molecule has 4 aromatic rings. The van der Waals surface area contributed by atoms with Gasteiger partial charge in [0.25, 0.3) is 5.56 Å². The first-order chi connectivity index (χ1) is 19.7. The Kier molecular flexibility index (Phi) is 6.48. The maximum Gasteiger partial charge on any atom is 0.253 e. The Hall–Kier alpha value is -4.16. The Balaban J connectivity index is 1.25. The van der Waals surface area contributed by atoms with Crippen LogP contribution < -0.4 is 24.7 Å². The van der Waals surface area contributed by atoms with Crippen molar-refractivity contribution in [1.29, 1.82) is 0 Å². The number of aromatic amines is 1. The van der Waals surface area contributed by atoms with Crippen molar-refractivity contribution in [2.24, 2.45) is 0 Å². The molecule has 2 atom stereocenters. The fourth-order valence-corrected chi connectivity index (χ4v) is 5.88. The summed E-state index contributed by atoms with van der Waals surface area (Å²) in [6, 6.07) is 13.3. The van der Waals surface area contributed by atoms with Crippen LogP contribution in [0.4, 0.5) is 5.69 Å². The topological polar surface area (TPSA) is 120 Å². The van der Waals surface area contributed by atoms with Gasteiger partial charge in [-0.3, -0.25) is 9.69 Å². The fraction of sp³-hybridized carbons (Fsp3) is 0.429. The summed E-state index contributed by atoms with van der Waals surface area (Å²) in [5.74, 6) is 2.75. The first kappa shape index (κ1) is 24.9. The van der Waals surface area contributed by atoms with Crippen LogP contribution in [0.1, 0.15) is 30.3 Å². The molecule has 0 saturated carbocycles. The van der Waals surface area contributed by atoms with E-state index in [9.17, 15) is 4.79 Å². The molecule has 12 nitrogen and oxygen atoms in total. The average Bonchev–Trinajstić information content (AvgIpc) is 3.76. The Labute approximate surface area is 230 Å². The minimum Gasteiger partial charge on any atom is -0.497 e. The van der Waals surface area contributed by atoms with Gasteiger partial charge in [-0.2, -0.15) is 0 Å². The number of anilines is 1. The van der Waals surface area contributed by atoms with E-state index in [1.165, 1.54) is 0 Å². The Morgan fingerprint density at radius 1 is 1.10 bits per heavy atom. The van der Waals surface area contributed by atoms with Crippen LogP contribution in [0.15, 0.2) is 47.3 Å². The van der Waals surface area contributed by atoms with Gasteiger partial charge in [-0.25, -0.2) is 4.68 Å². The molecule has 2 aromatic heterocycles. The number of piperazine rings is 1. The van der Waals surface area contributed by atoms with E-state index in [1.54, 1.807) is 11.8 Å². The van der Waals surface area contributed by atoms with Crippen molar-refractivity contribution in [3.63, 3.8) is 0 Å². The molecular formula is C28H31N7O5. The Morgan fingerprint density at radius 3 is 2.75 bits per heavy atom. The lowest BCUT2D eigenvalue weighted by molar-refractivity contribution is 0.0906. The van der Waals surface area contributed by atoms with Crippen molar-refractivity contribution in [3.8, 4) is 17.2 Å². The van der Waals surface area contributed by atoms with E-state index >= 15 is 0 Å². The number of ether oxygens (including phenoxy) is 4. The van der Waals surface area contributed by atoms with Gasteiger partial charge in [0.1, 0.15) is 11.8 Å². The highest BCUT2D eigenvalue weighted by Gasteiger charge is 2.34. The quantitative estimate of drug-likeness (QED) is 0.371. The Morgan fingerprint density at radius 2 is 1.95 bits per heavy atom. The second-order valence-electron chi connectivity index (χ2n) is 10.3. The van der Waals surface area contributed by atoms with Crippen molar-refractivity contribution in [3.05, 3.63) is 64.2 Å². The van der Waals surface area contributed by atoms with Crippen LogP contribution in [-0.2, 0) is 11.3 Å². The molecule has 12 heteroatoms. The molecule has 208 valence electrons. The van der Waals surface area contributed by atoms with Crippen LogP contribution in [0, 0.1) is 0 Å². The number of hydrogen-bond acceptors (Lipinski definition) is 10. The van der Waals surface area contributed by atoms with Crippen molar-refractivity contribution in [1.82, 2.24) is 30.1 Å². The van der Waals surface area contributed by atoms with Crippen molar-refractivity contribution >= 4 is 16.6 Å². The third-order valence-electron chi connectivity index (χ3n) is 7.96. The monoisotopic (exact) mass is 545 g/mol. The molecule has 0 amide bonds. The second-order valence-corrected chi connectivity index (χ2v) is 10.3. The SMILES string of the molecule is COc1cccc(N2CCN(C(c3cc4cc5c(cc4[nH]c3=O)OCO5)c3nnnn3CC3CCCO3)CC2)c1. The zero-order valence-electron chi connectivity index (χ0n) is 22.3. The molecule has 40 heavy (non-hydrogen) atoms. The predicted octanol–water partition coefficient (Wildman–Crippen LogP) is 2.34. The first-order valence-corrected chi connectivity index (χ1v) is 13.6. The Bertz CT molecular complexity index is 1570. The fourth-order valence-electron chi connectivity index (χ4n) is 5.88. The van der Waals surface area contributed by atoms with Crippen molar-refractivity contribution in [2.75, 3.05) is 51.6 Å². The van der Waals surface area contributed by atoms with Gasteiger partial charge in [-0.15, -0.1) is 5.10 Å². The smallest absolute Gasteiger partial charge is 0.253 e. The molecular weight excluding hydrogens is 514 g/mol. The lowest BCUT2D eigenvalue weighted by Crippen LogP contribution is -2.49. The number of hydrogen-bond donors (Lipinski definition) is 1. The summed E-state index contributed by atoms with van der Waals surface area (Å²) in [5.41, 5.74) is 2.21. The molecule has 0 radical (unpaired) electrons. The summed E-state index contributed by atoms with van der Waals surface area (Å²) in [5, 5.41) is 13.7. The number of nitrogens with one attached hydrogen (secondary N) is 1. The van der Waals surface area contributed by atoms with Gasteiger partial charge in [-0.1, -0.05) is 6.07 Å². The number of H-pyrrole nitrogens is 1. The second kappa shape index (κ2) is 10.4. The van der Waals surface area contributed by atoms with E-state index in [4.69, 9.17) is 18.9 Å². The van der Waals surface area contributed by atoms with Gasteiger partial charge in [0.05, 0.1) is 25.3 Å². The van der Waals surface area contributed by atoms with Gasteiger partial charge < -0.3 is 28.8 Å². The molecule has 1 N–H and O–H groups in total. The van der Waals surface area contributed by atoms with Gasteiger partial charge in [0.2, 0.25) is 6.79 Å². The summed E-state index contributed by atoms with van der Waals surface area (Å²) < 4.78 is 24.2. The van der Waals surface area contributed by atoms with Crippen LogP contribution in [0.2, 0.25) is 0 Å². The summed E-state index contributed by atoms with van der Waals surface area (Å²) in [6.07, 6.45) is 2.05. The average molecular weight is 546 g/mol. The summed E-state index contributed by atoms with van der Waals surface area (Å²) in [4.78, 5) is 21.3. The van der Waals surface area contributed by atoms with Crippen LogP contribution in [0.3, 0.4) is 0 Å². The lowest BCUT2D eigenvalue weighted by Gasteiger charge is -2.39. The minimum absolute atomic E-state index is 0.0578. The van der Waals surface area contributed by atoms with Gasteiger partial charge in [0.15, 0.2) is 17.3 Å². The summed E-state index contributed by atoms with van der Waals surface area (Å²) in [7, 11) is 1.68. The highest BCUT2D eigenvalue weighted by Crippen LogP contribution is 2.36. The highest BCUT2D eigenvalue weighted by atomic mass is 16.7. The van der Waals surface area contributed by atoms with E-state index in [-0.39, 0.29) is 18.5 Å². The molecule has 0 spiro atoms. The number of nitrogens with zero attached hydrogens (tertiary/aromatic N) is 6. The molecule has 0 aliphatic carbocycles. The van der Waals surface area contributed by atoms with Crippen LogP contribution in [0.5, 0.6) is 17.2 Å². The van der Waals surface area contributed by atoms with Crippen molar-refractivity contribution in [2.45, 2.75) is 31.5 Å². The molecule has 7 rings (SSSR count). The molecule has 0 bridgehead atoms. The zero-order chi connectivity index (χ0) is 27.1. The number of fused-ring (bicyclic) bond motifs is 2. The third-order valence-corrected chi connectivity index (χ3v) is 7.96. The van der Waals surface area contributed by atoms with Gasteiger partial charge >= 0.3 is 0 Å². The van der Waals surface area contributed by atoms with Crippen LogP contribution in [0.25, 0.3) is 10.9 Å². The van der Waals surface area contributed by atoms with E-state index in [0.29, 0.717) is 48.0 Å². The van der Waals surface area contributed by atoms with E-state index in [1.807, 2.05) is 36.4 Å². The molecule has 2 fully saturated rings. The molecule has 3 aliphatic heterocycles. The summed E-state index contributed by atoms with van der Waals surface area (Å²) in [6.45, 7) is 4.45. The molecule has 2 aromatic carbocycles. The third kappa shape index (κ3) is 4.62. The van der Waals surface area contributed by atoms with Crippen LogP contribution >= 0.6 is 0 Å². The van der Waals surface area contributed by atoms with E-state index < -0.39 is 6.04 Å². The van der Waals surface area contributed by atoms with Crippen molar-refractivity contribution < 1.29 is 18.9 Å².